The standard InChI is InChI=1S/C16H17N5O2S/c1-2-3-7-12(16(22)23)24-14-9-8-13-18-19-15(21(13)20-14)11-6-4-5-10-17-11/h4-6,8-10,12H,2-3,7H2,1H3,(H,22,23)/t12-/m0/s1. The van der Waals surface area contributed by atoms with E-state index < -0.39 is 11.2 Å². The molecule has 24 heavy (non-hydrogen) atoms. The Hall–Kier alpha value is -2.48. The van der Waals surface area contributed by atoms with Gasteiger partial charge in [0, 0.05) is 6.20 Å². The number of rotatable bonds is 7. The summed E-state index contributed by atoms with van der Waals surface area (Å²) in [6.07, 6.45) is 4.13. The third kappa shape index (κ3) is 3.53. The molecule has 0 aliphatic heterocycles. The van der Waals surface area contributed by atoms with Crippen molar-refractivity contribution in [2.75, 3.05) is 0 Å². The lowest BCUT2D eigenvalue weighted by atomic mass is 10.2. The molecule has 0 radical (unpaired) electrons. The highest BCUT2D eigenvalue weighted by Gasteiger charge is 2.20. The SMILES string of the molecule is CCCC[C@H](Sc1ccc2nnc(-c3ccccn3)n2n1)C(=O)O. The van der Waals surface area contributed by atoms with Crippen LogP contribution in [0.3, 0.4) is 0 Å². The maximum atomic E-state index is 11.4. The molecule has 3 rings (SSSR count). The summed E-state index contributed by atoms with van der Waals surface area (Å²) in [5.74, 6) is -0.280. The molecule has 0 spiro atoms. The van der Waals surface area contributed by atoms with Crippen LogP contribution in [0.4, 0.5) is 0 Å². The van der Waals surface area contributed by atoms with Crippen LogP contribution < -0.4 is 0 Å². The highest BCUT2D eigenvalue weighted by Crippen LogP contribution is 2.26. The average molecular weight is 343 g/mol. The van der Waals surface area contributed by atoms with Gasteiger partial charge in [-0.05, 0) is 30.7 Å². The first-order valence-corrected chi connectivity index (χ1v) is 8.60. The van der Waals surface area contributed by atoms with Gasteiger partial charge in [-0.15, -0.1) is 10.2 Å². The number of hydrogen-bond acceptors (Lipinski definition) is 6. The first-order valence-electron chi connectivity index (χ1n) is 7.72. The fraction of sp³-hybridized carbons (Fsp3) is 0.312. The summed E-state index contributed by atoms with van der Waals surface area (Å²) in [6.45, 7) is 2.05. The molecule has 124 valence electrons. The van der Waals surface area contributed by atoms with Crippen LogP contribution in [0.2, 0.25) is 0 Å². The van der Waals surface area contributed by atoms with E-state index in [0.717, 1.165) is 12.8 Å². The van der Waals surface area contributed by atoms with E-state index >= 15 is 0 Å². The van der Waals surface area contributed by atoms with Crippen LogP contribution in [0.25, 0.3) is 17.2 Å². The highest BCUT2D eigenvalue weighted by molar-refractivity contribution is 8.00. The molecular weight excluding hydrogens is 326 g/mol. The fourth-order valence-corrected chi connectivity index (χ4v) is 3.21. The van der Waals surface area contributed by atoms with Crippen LogP contribution >= 0.6 is 11.8 Å². The Balaban J connectivity index is 1.91. The summed E-state index contributed by atoms with van der Waals surface area (Å²) in [7, 11) is 0. The average Bonchev–Trinajstić information content (AvgIpc) is 3.02. The van der Waals surface area contributed by atoms with Crippen molar-refractivity contribution < 1.29 is 9.90 Å². The number of carboxylic acid groups (broad SMARTS) is 1. The molecule has 1 atom stereocenters. The molecule has 3 aromatic rings. The third-order valence-corrected chi connectivity index (χ3v) is 4.67. The molecule has 3 aromatic heterocycles. The summed E-state index contributed by atoms with van der Waals surface area (Å²) >= 11 is 1.25. The van der Waals surface area contributed by atoms with Crippen LogP contribution in [0.5, 0.6) is 0 Å². The lowest BCUT2D eigenvalue weighted by Crippen LogP contribution is -2.16. The van der Waals surface area contributed by atoms with Crippen molar-refractivity contribution in [2.24, 2.45) is 0 Å². The molecule has 0 bridgehead atoms. The molecular formula is C16H17N5O2S. The first-order chi connectivity index (χ1) is 11.7. The minimum atomic E-state index is -0.816. The lowest BCUT2D eigenvalue weighted by molar-refractivity contribution is -0.136. The number of nitrogens with zero attached hydrogens (tertiary/aromatic N) is 5. The number of aromatic nitrogens is 5. The Labute approximate surface area is 143 Å². The van der Waals surface area contributed by atoms with E-state index in [1.54, 1.807) is 22.8 Å². The van der Waals surface area contributed by atoms with Crippen molar-refractivity contribution in [3.05, 3.63) is 36.5 Å². The van der Waals surface area contributed by atoms with Crippen LogP contribution in [0, 0.1) is 0 Å². The Bertz CT molecular complexity index is 837. The number of unbranched alkanes of at least 4 members (excludes halogenated alkanes) is 1. The maximum Gasteiger partial charge on any atom is 0.317 e. The van der Waals surface area contributed by atoms with Crippen molar-refractivity contribution in [1.29, 1.82) is 0 Å². The molecule has 7 nitrogen and oxygen atoms in total. The minimum absolute atomic E-state index is 0.510. The summed E-state index contributed by atoms with van der Waals surface area (Å²) in [6, 6.07) is 9.09. The molecule has 1 N–H and O–H groups in total. The zero-order chi connectivity index (χ0) is 16.9. The predicted octanol–water partition coefficient (Wildman–Crippen LogP) is 2.92. The first kappa shape index (κ1) is 16.4. The second kappa shape index (κ2) is 7.39. The zero-order valence-electron chi connectivity index (χ0n) is 13.2. The molecule has 8 heteroatoms. The number of thioether (sulfide) groups is 1. The van der Waals surface area contributed by atoms with Gasteiger partial charge in [0.25, 0.3) is 0 Å². The second-order valence-electron chi connectivity index (χ2n) is 5.27. The van der Waals surface area contributed by atoms with E-state index in [1.165, 1.54) is 11.8 Å². The van der Waals surface area contributed by atoms with Gasteiger partial charge < -0.3 is 5.11 Å². The largest absolute Gasteiger partial charge is 0.480 e. The topological polar surface area (TPSA) is 93.3 Å². The van der Waals surface area contributed by atoms with Gasteiger partial charge in [0.05, 0.1) is 0 Å². The number of carboxylic acids is 1. The van der Waals surface area contributed by atoms with Gasteiger partial charge in [-0.1, -0.05) is 37.6 Å². The lowest BCUT2D eigenvalue weighted by Gasteiger charge is -2.10. The molecule has 0 amide bonds. The van der Waals surface area contributed by atoms with Gasteiger partial charge in [0.2, 0.25) is 5.82 Å². The second-order valence-corrected chi connectivity index (χ2v) is 6.49. The van der Waals surface area contributed by atoms with Gasteiger partial charge in [0.15, 0.2) is 5.65 Å². The Kier molecular flexibility index (Phi) is 5.05. The van der Waals surface area contributed by atoms with Crippen LogP contribution in [0.1, 0.15) is 26.2 Å². The molecule has 0 aromatic carbocycles. The monoisotopic (exact) mass is 343 g/mol. The highest BCUT2D eigenvalue weighted by atomic mass is 32.2. The third-order valence-electron chi connectivity index (χ3n) is 3.49. The number of pyridine rings is 1. The van der Waals surface area contributed by atoms with E-state index in [0.29, 0.717) is 28.6 Å². The van der Waals surface area contributed by atoms with Gasteiger partial charge in [-0.25, -0.2) is 0 Å². The van der Waals surface area contributed by atoms with Gasteiger partial charge in [-0.2, -0.15) is 9.61 Å². The van der Waals surface area contributed by atoms with Gasteiger partial charge in [-0.3, -0.25) is 9.78 Å². The zero-order valence-corrected chi connectivity index (χ0v) is 14.0. The van der Waals surface area contributed by atoms with Crippen molar-refractivity contribution in [3.8, 4) is 11.5 Å². The van der Waals surface area contributed by atoms with Crippen molar-refractivity contribution >= 4 is 23.4 Å². The summed E-state index contributed by atoms with van der Waals surface area (Å²) < 4.78 is 1.60. The van der Waals surface area contributed by atoms with E-state index in [2.05, 4.69) is 20.3 Å². The molecule has 0 unspecified atom stereocenters. The van der Waals surface area contributed by atoms with E-state index in [9.17, 15) is 9.90 Å². The molecule has 0 aliphatic carbocycles. The Morgan fingerprint density at radius 1 is 1.29 bits per heavy atom. The van der Waals surface area contributed by atoms with Crippen LogP contribution in [-0.4, -0.2) is 41.1 Å². The molecule has 0 saturated heterocycles. The molecule has 3 heterocycles. The predicted molar refractivity (Wildman–Crippen MR) is 90.8 cm³/mol. The number of fused-ring (bicyclic) bond motifs is 1. The van der Waals surface area contributed by atoms with Crippen molar-refractivity contribution in [2.45, 2.75) is 36.5 Å². The fourth-order valence-electron chi connectivity index (χ4n) is 2.26. The van der Waals surface area contributed by atoms with Crippen molar-refractivity contribution in [1.82, 2.24) is 24.8 Å². The van der Waals surface area contributed by atoms with E-state index in [4.69, 9.17) is 0 Å². The van der Waals surface area contributed by atoms with E-state index in [1.807, 2.05) is 25.1 Å². The minimum Gasteiger partial charge on any atom is -0.480 e. The van der Waals surface area contributed by atoms with Crippen LogP contribution in [0.15, 0.2) is 41.6 Å². The van der Waals surface area contributed by atoms with Gasteiger partial charge in [0.1, 0.15) is 16.0 Å². The summed E-state index contributed by atoms with van der Waals surface area (Å²) in [4.78, 5) is 15.7. The number of aliphatic carboxylic acids is 1. The summed E-state index contributed by atoms with van der Waals surface area (Å²) in [5, 5.41) is 22.2. The molecule has 0 fully saturated rings. The Morgan fingerprint density at radius 3 is 2.88 bits per heavy atom. The number of carbonyl (C=O) groups is 1. The molecule has 0 saturated carbocycles. The van der Waals surface area contributed by atoms with Gasteiger partial charge >= 0.3 is 5.97 Å². The Morgan fingerprint density at radius 2 is 2.17 bits per heavy atom. The van der Waals surface area contributed by atoms with Crippen molar-refractivity contribution in [3.63, 3.8) is 0 Å². The normalized spacial score (nSPS) is 12.4. The quantitative estimate of drug-likeness (QED) is 0.659. The maximum absolute atomic E-state index is 11.4. The van der Waals surface area contributed by atoms with E-state index in [-0.39, 0.29) is 0 Å². The summed E-state index contributed by atoms with van der Waals surface area (Å²) in [5.41, 5.74) is 1.26. The smallest absolute Gasteiger partial charge is 0.317 e. The molecule has 0 aliphatic rings. The number of hydrogen-bond donors (Lipinski definition) is 1. The van der Waals surface area contributed by atoms with Crippen LogP contribution in [-0.2, 0) is 4.79 Å².